The third-order valence-corrected chi connectivity index (χ3v) is 7.53. The molecule has 0 heterocycles. The summed E-state index contributed by atoms with van der Waals surface area (Å²) in [5, 5.41) is 0. The average molecular weight is 521 g/mol. The van der Waals surface area contributed by atoms with Crippen LogP contribution in [0.4, 0.5) is 0 Å². The number of hydrogen-bond acceptors (Lipinski definition) is 2. The Balaban J connectivity index is 2.04. The fraction of sp³-hybridized carbons (Fsp3) is 0.611. The van der Waals surface area contributed by atoms with Crippen molar-refractivity contribution >= 4 is 12.2 Å². The van der Waals surface area contributed by atoms with Crippen LogP contribution in [-0.4, -0.2) is 13.2 Å². The van der Waals surface area contributed by atoms with Gasteiger partial charge in [-0.25, -0.2) is 0 Å². The van der Waals surface area contributed by atoms with E-state index in [1.807, 2.05) is 0 Å². The van der Waals surface area contributed by atoms with Crippen molar-refractivity contribution in [2.75, 3.05) is 13.2 Å². The molecule has 0 spiro atoms. The van der Waals surface area contributed by atoms with Gasteiger partial charge in [0.2, 0.25) is 0 Å². The fourth-order valence-electron chi connectivity index (χ4n) is 4.73. The minimum atomic E-state index is 0.687. The van der Waals surface area contributed by atoms with E-state index in [1.54, 1.807) is 0 Å². The van der Waals surface area contributed by atoms with Crippen molar-refractivity contribution in [1.82, 2.24) is 0 Å². The van der Waals surface area contributed by atoms with Gasteiger partial charge >= 0.3 is 0 Å². The first-order valence-electron chi connectivity index (χ1n) is 15.3. The first-order chi connectivity index (χ1) is 18.1. The van der Waals surface area contributed by atoms with Gasteiger partial charge in [0, 0.05) is 5.56 Å². The predicted molar refractivity (Wildman–Crippen MR) is 167 cm³/mol. The van der Waals surface area contributed by atoms with Gasteiger partial charge in [0.1, 0.15) is 11.5 Å². The Bertz CT molecular complexity index is 939. The Morgan fingerprint density at radius 3 is 1.66 bits per heavy atom. The summed E-state index contributed by atoms with van der Waals surface area (Å²) in [6.45, 7) is 19.7. The Labute approximate surface area is 235 Å². The number of aryl methyl sites for hydroxylation is 2. The van der Waals surface area contributed by atoms with Crippen molar-refractivity contribution in [3.63, 3.8) is 0 Å². The highest BCUT2D eigenvalue weighted by Crippen LogP contribution is 2.31. The van der Waals surface area contributed by atoms with Gasteiger partial charge in [0.25, 0.3) is 0 Å². The lowest BCUT2D eigenvalue weighted by Crippen LogP contribution is -2.07. The smallest absolute Gasteiger partial charge is 0.127 e. The fourth-order valence-corrected chi connectivity index (χ4v) is 4.73. The van der Waals surface area contributed by atoms with Gasteiger partial charge in [-0.3, -0.25) is 0 Å². The van der Waals surface area contributed by atoms with Crippen LogP contribution in [0.2, 0.25) is 0 Å². The molecule has 0 aliphatic rings. The molecule has 2 atom stereocenters. The van der Waals surface area contributed by atoms with E-state index in [0.717, 1.165) is 60.5 Å². The molecule has 0 amide bonds. The normalized spacial score (nSPS) is 13.4. The second-order valence-electron chi connectivity index (χ2n) is 12.5. The molecule has 0 radical (unpaired) electrons. The Hall–Kier alpha value is -2.22. The molecule has 2 aromatic carbocycles. The van der Waals surface area contributed by atoms with Gasteiger partial charge < -0.3 is 9.47 Å². The SMILES string of the molecule is Cc1ccc(/C=C/c2cc(OCCC(C)CCCC(C)C)c(C)cc2OCCC(C)CCCC(C)C)cc1. The van der Waals surface area contributed by atoms with E-state index >= 15 is 0 Å². The number of hydrogen-bond donors (Lipinski definition) is 0. The third kappa shape index (κ3) is 13.0. The molecule has 0 aromatic heterocycles. The van der Waals surface area contributed by atoms with E-state index in [4.69, 9.17) is 9.47 Å². The minimum Gasteiger partial charge on any atom is -0.493 e. The van der Waals surface area contributed by atoms with Crippen LogP contribution in [0.3, 0.4) is 0 Å². The van der Waals surface area contributed by atoms with Crippen LogP contribution < -0.4 is 9.47 Å². The number of rotatable bonds is 18. The van der Waals surface area contributed by atoms with Gasteiger partial charge in [0.05, 0.1) is 13.2 Å². The van der Waals surface area contributed by atoms with Crippen molar-refractivity contribution in [2.45, 2.75) is 107 Å². The summed E-state index contributed by atoms with van der Waals surface area (Å²) in [6, 6.07) is 13.0. The van der Waals surface area contributed by atoms with Crippen LogP contribution in [0.15, 0.2) is 36.4 Å². The lowest BCUT2D eigenvalue weighted by Gasteiger charge is -2.17. The van der Waals surface area contributed by atoms with E-state index in [2.05, 4.69) is 104 Å². The summed E-state index contributed by atoms with van der Waals surface area (Å²) in [5.74, 6) is 4.89. The molecule has 0 saturated carbocycles. The summed E-state index contributed by atoms with van der Waals surface area (Å²) >= 11 is 0. The zero-order valence-electron chi connectivity index (χ0n) is 25.8. The minimum absolute atomic E-state index is 0.687. The second-order valence-corrected chi connectivity index (χ2v) is 12.5. The Kier molecular flexibility index (Phi) is 14.6. The zero-order chi connectivity index (χ0) is 27.9. The molecule has 2 heteroatoms. The van der Waals surface area contributed by atoms with Crippen molar-refractivity contribution in [2.24, 2.45) is 23.7 Å². The van der Waals surface area contributed by atoms with Gasteiger partial charge in [0.15, 0.2) is 0 Å². The van der Waals surface area contributed by atoms with E-state index in [0.29, 0.717) is 11.8 Å². The lowest BCUT2D eigenvalue weighted by atomic mass is 9.97. The molecular formula is C36H56O2. The topological polar surface area (TPSA) is 18.5 Å². The monoisotopic (exact) mass is 520 g/mol. The van der Waals surface area contributed by atoms with Crippen molar-refractivity contribution in [1.29, 1.82) is 0 Å². The Morgan fingerprint density at radius 1 is 0.605 bits per heavy atom. The summed E-state index contributed by atoms with van der Waals surface area (Å²) < 4.78 is 12.7. The van der Waals surface area contributed by atoms with Crippen LogP contribution in [0.25, 0.3) is 12.2 Å². The molecule has 2 unspecified atom stereocenters. The van der Waals surface area contributed by atoms with Crippen LogP contribution in [0.5, 0.6) is 11.5 Å². The van der Waals surface area contributed by atoms with Gasteiger partial charge in [-0.2, -0.15) is 0 Å². The average Bonchev–Trinajstić information content (AvgIpc) is 2.85. The molecule has 0 fully saturated rings. The molecular weight excluding hydrogens is 464 g/mol. The summed E-state index contributed by atoms with van der Waals surface area (Å²) in [7, 11) is 0. The summed E-state index contributed by atoms with van der Waals surface area (Å²) in [6.07, 6.45) is 14.4. The molecule has 2 nitrogen and oxygen atoms in total. The summed E-state index contributed by atoms with van der Waals surface area (Å²) in [4.78, 5) is 0. The lowest BCUT2D eigenvalue weighted by molar-refractivity contribution is 0.267. The van der Waals surface area contributed by atoms with Gasteiger partial charge in [-0.05, 0) is 73.6 Å². The van der Waals surface area contributed by atoms with E-state index in [1.165, 1.54) is 49.7 Å². The maximum atomic E-state index is 6.38. The molecule has 0 aliphatic carbocycles. The quantitative estimate of drug-likeness (QED) is 0.182. The van der Waals surface area contributed by atoms with Crippen LogP contribution in [0, 0.1) is 37.5 Å². The molecule has 2 aromatic rings. The molecule has 0 N–H and O–H groups in total. The van der Waals surface area contributed by atoms with Gasteiger partial charge in [-0.15, -0.1) is 0 Å². The first kappa shape index (κ1) is 32.0. The molecule has 38 heavy (non-hydrogen) atoms. The first-order valence-corrected chi connectivity index (χ1v) is 15.3. The van der Waals surface area contributed by atoms with E-state index < -0.39 is 0 Å². The van der Waals surface area contributed by atoms with Crippen LogP contribution in [0.1, 0.15) is 115 Å². The number of benzene rings is 2. The molecule has 0 saturated heterocycles. The van der Waals surface area contributed by atoms with Crippen LogP contribution in [-0.2, 0) is 0 Å². The molecule has 212 valence electrons. The highest BCUT2D eigenvalue weighted by molar-refractivity contribution is 5.74. The van der Waals surface area contributed by atoms with Crippen molar-refractivity contribution < 1.29 is 9.47 Å². The highest BCUT2D eigenvalue weighted by Gasteiger charge is 2.11. The molecule has 0 bridgehead atoms. The molecule has 0 aliphatic heterocycles. The van der Waals surface area contributed by atoms with Crippen molar-refractivity contribution in [3.05, 3.63) is 58.7 Å². The standard InChI is InChI=1S/C36H56O2/c1-27(2)11-9-13-29(5)21-23-37-35-26-34(20-19-33-17-15-31(7)16-18-33)36(25-32(35)8)38-24-22-30(6)14-10-12-28(3)4/h15-20,25-30H,9-14,21-24H2,1-8H3/b20-19+. The summed E-state index contributed by atoms with van der Waals surface area (Å²) in [5.41, 5.74) is 4.70. The second kappa shape index (κ2) is 17.4. The maximum absolute atomic E-state index is 6.38. The number of ether oxygens (including phenoxy) is 2. The predicted octanol–water partition coefficient (Wildman–Crippen LogP) is 10.9. The van der Waals surface area contributed by atoms with E-state index in [-0.39, 0.29) is 0 Å². The van der Waals surface area contributed by atoms with Gasteiger partial charge in [-0.1, -0.05) is 122 Å². The van der Waals surface area contributed by atoms with Crippen molar-refractivity contribution in [3.8, 4) is 11.5 Å². The Morgan fingerprint density at radius 2 is 1.13 bits per heavy atom. The van der Waals surface area contributed by atoms with E-state index in [9.17, 15) is 0 Å². The van der Waals surface area contributed by atoms with Crippen LogP contribution >= 0.6 is 0 Å². The largest absolute Gasteiger partial charge is 0.493 e. The highest BCUT2D eigenvalue weighted by atomic mass is 16.5. The zero-order valence-corrected chi connectivity index (χ0v) is 25.8. The third-order valence-electron chi connectivity index (χ3n) is 7.53. The molecule has 2 rings (SSSR count). The maximum Gasteiger partial charge on any atom is 0.127 e.